The van der Waals surface area contributed by atoms with Crippen molar-refractivity contribution in [1.82, 2.24) is 9.97 Å². The van der Waals surface area contributed by atoms with Gasteiger partial charge in [-0.05, 0) is 36.2 Å². The van der Waals surface area contributed by atoms with E-state index in [4.69, 9.17) is 5.11 Å². The maximum atomic E-state index is 9.01. The van der Waals surface area contributed by atoms with Crippen molar-refractivity contribution in [1.29, 1.82) is 0 Å². The fourth-order valence-corrected chi connectivity index (χ4v) is 4.42. The second-order valence-corrected chi connectivity index (χ2v) is 7.95. The van der Waals surface area contributed by atoms with Gasteiger partial charge in [-0.2, -0.15) is 0 Å². The van der Waals surface area contributed by atoms with Crippen molar-refractivity contribution in [2.24, 2.45) is 11.3 Å². The third-order valence-electron chi connectivity index (χ3n) is 4.47. The number of anilines is 1. The molecule has 0 aromatic carbocycles. The van der Waals surface area contributed by atoms with Gasteiger partial charge in [-0.3, -0.25) is 0 Å². The molecule has 0 bridgehead atoms. The Morgan fingerprint density at radius 1 is 1.38 bits per heavy atom. The molecule has 1 aliphatic rings. The van der Waals surface area contributed by atoms with E-state index in [0.717, 1.165) is 29.4 Å². The number of nitrogens with zero attached hydrogens (tertiary/aromatic N) is 2. The number of rotatable bonds is 3. The Bertz CT molecular complexity index is 645. The van der Waals surface area contributed by atoms with Gasteiger partial charge >= 0.3 is 0 Å². The topological polar surface area (TPSA) is 58.0 Å². The summed E-state index contributed by atoms with van der Waals surface area (Å²) in [6.45, 7) is 7.66. The summed E-state index contributed by atoms with van der Waals surface area (Å²) in [7, 11) is 0. The molecule has 114 valence electrons. The average Bonchev–Trinajstić information content (AvgIpc) is 2.82. The van der Waals surface area contributed by atoms with Crippen molar-refractivity contribution in [2.75, 3.05) is 18.5 Å². The Labute approximate surface area is 129 Å². The van der Waals surface area contributed by atoms with Gasteiger partial charge < -0.3 is 10.4 Å². The quantitative estimate of drug-likeness (QED) is 0.914. The summed E-state index contributed by atoms with van der Waals surface area (Å²) in [6.07, 6.45) is 5.11. The molecule has 1 unspecified atom stereocenters. The van der Waals surface area contributed by atoms with Crippen LogP contribution in [-0.4, -0.2) is 28.2 Å². The fraction of sp³-hybridized carbons (Fsp3) is 0.625. The summed E-state index contributed by atoms with van der Waals surface area (Å²) in [4.78, 5) is 11.4. The number of aromatic nitrogens is 2. The number of fused-ring (bicyclic) bond motifs is 3. The van der Waals surface area contributed by atoms with Crippen molar-refractivity contribution >= 4 is 27.4 Å². The summed E-state index contributed by atoms with van der Waals surface area (Å²) in [6, 6.07) is 0. The standard InChI is InChI=1S/C16H23N3OS/c1-16(2,3)10-4-5-11-12(8-10)21-15-13(11)14(17-6-7-20)18-9-19-15/h9-10,20H,4-8H2,1-3H3,(H,17,18,19). The van der Waals surface area contributed by atoms with Crippen LogP contribution in [0.2, 0.25) is 0 Å². The Morgan fingerprint density at radius 3 is 2.90 bits per heavy atom. The van der Waals surface area contributed by atoms with Gasteiger partial charge in [0.15, 0.2) is 0 Å². The van der Waals surface area contributed by atoms with E-state index >= 15 is 0 Å². The van der Waals surface area contributed by atoms with Crippen LogP contribution in [0, 0.1) is 11.3 Å². The predicted molar refractivity (Wildman–Crippen MR) is 88.0 cm³/mol. The normalized spacial score (nSPS) is 18.8. The lowest BCUT2D eigenvalue weighted by atomic mass is 9.72. The van der Waals surface area contributed by atoms with E-state index < -0.39 is 0 Å². The van der Waals surface area contributed by atoms with Gasteiger partial charge in [0.1, 0.15) is 17.0 Å². The van der Waals surface area contributed by atoms with Gasteiger partial charge in [0.05, 0.1) is 12.0 Å². The smallest absolute Gasteiger partial charge is 0.138 e. The summed E-state index contributed by atoms with van der Waals surface area (Å²) >= 11 is 1.81. The van der Waals surface area contributed by atoms with Crippen molar-refractivity contribution in [3.05, 3.63) is 16.8 Å². The van der Waals surface area contributed by atoms with Crippen LogP contribution in [0.4, 0.5) is 5.82 Å². The first-order valence-electron chi connectivity index (χ1n) is 7.60. The molecule has 1 atom stereocenters. The Morgan fingerprint density at radius 2 is 2.19 bits per heavy atom. The number of thiophene rings is 1. The highest BCUT2D eigenvalue weighted by atomic mass is 32.1. The van der Waals surface area contributed by atoms with Crippen LogP contribution in [0.1, 0.15) is 37.6 Å². The molecule has 2 aromatic heterocycles. The van der Waals surface area contributed by atoms with Crippen molar-refractivity contribution in [3.8, 4) is 0 Å². The third-order valence-corrected chi connectivity index (χ3v) is 5.64. The first-order valence-corrected chi connectivity index (χ1v) is 8.42. The highest BCUT2D eigenvalue weighted by Gasteiger charge is 2.31. The monoisotopic (exact) mass is 305 g/mol. The first kappa shape index (κ1) is 14.7. The van der Waals surface area contributed by atoms with Gasteiger partial charge in [0, 0.05) is 11.4 Å². The Hall–Kier alpha value is -1.20. The molecule has 5 heteroatoms. The number of aliphatic hydroxyl groups is 1. The Balaban J connectivity index is 2.00. The van der Waals surface area contributed by atoms with Crippen LogP contribution in [0.25, 0.3) is 10.2 Å². The molecule has 1 aliphatic carbocycles. The van der Waals surface area contributed by atoms with Crippen molar-refractivity contribution in [2.45, 2.75) is 40.0 Å². The van der Waals surface area contributed by atoms with Crippen molar-refractivity contribution in [3.63, 3.8) is 0 Å². The average molecular weight is 305 g/mol. The molecule has 4 nitrogen and oxygen atoms in total. The third kappa shape index (κ3) is 2.77. The van der Waals surface area contributed by atoms with Gasteiger partial charge in [-0.25, -0.2) is 9.97 Å². The molecule has 0 amide bonds. The van der Waals surface area contributed by atoms with E-state index in [9.17, 15) is 0 Å². The van der Waals surface area contributed by atoms with Gasteiger partial charge in [-0.1, -0.05) is 20.8 Å². The van der Waals surface area contributed by atoms with E-state index in [1.54, 1.807) is 6.33 Å². The largest absolute Gasteiger partial charge is 0.395 e. The lowest BCUT2D eigenvalue weighted by molar-refractivity contribution is 0.218. The predicted octanol–water partition coefficient (Wildman–Crippen LogP) is 3.25. The molecule has 0 saturated carbocycles. The summed E-state index contributed by atoms with van der Waals surface area (Å²) in [5.74, 6) is 1.61. The molecular formula is C16H23N3OS. The Kier molecular flexibility index (Phi) is 3.88. The zero-order valence-corrected chi connectivity index (χ0v) is 13.8. The molecular weight excluding hydrogens is 282 g/mol. The SMILES string of the molecule is CC(C)(C)C1CCc2c(sc3ncnc(NCCO)c23)C1. The van der Waals surface area contributed by atoms with Crippen LogP contribution in [0.15, 0.2) is 6.33 Å². The van der Waals surface area contributed by atoms with Crippen LogP contribution < -0.4 is 5.32 Å². The lowest BCUT2D eigenvalue weighted by Crippen LogP contribution is -2.26. The van der Waals surface area contributed by atoms with Crippen LogP contribution in [0.5, 0.6) is 0 Å². The number of hydrogen-bond acceptors (Lipinski definition) is 5. The van der Waals surface area contributed by atoms with Crippen LogP contribution in [-0.2, 0) is 12.8 Å². The van der Waals surface area contributed by atoms with E-state index in [-0.39, 0.29) is 6.61 Å². The minimum Gasteiger partial charge on any atom is -0.395 e. The van der Waals surface area contributed by atoms with Crippen LogP contribution >= 0.6 is 11.3 Å². The van der Waals surface area contributed by atoms with Crippen LogP contribution in [0.3, 0.4) is 0 Å². The second-order valence-electron chi connectivity index (χ2n) is 6.86. The molecule has 0 fully saturated rings. The van der Waals surface area contributed by atoms with Gasteiger partial charge in [-0.15, -0.1) is 11.3 Å². The van der Waals surface area contributed by atoms with E-state index in [1.807, 2.05) is 11.3 Å². The van der Waals surface area contributed by atoms with E-state index in [2.05, 4.69) is 36.1 Å². The first-order chi connectivity index (χ1) is 10.0. The molecule has 2 N–H and O–H groups in total. The highest BCUT2D eigenvalue weighted by Crippen LogP contribution is 2.44. The summed E-state index contributed by atoms with van der Waals surface area (Å²) in [5.41, 5.74) is 1.79. The molecule has 0 aliphatic heterocycles. The van der Waals surface area contributed by atoms with Gasteiger partial charge in [0.2, 0.25) is 0 Å². The van der Waals surface area contributed by atoms with E-state index in [0.29, 0.717) is 12.0 Å². The zero-order chi connectivity index (χ0) is 15.0. The zero-order valence-electron chi connectivity index (χ0n) is 12.9. The number of aliphatic hydroxyl groups excluding tert-OH is 1. The van der Waals surface area contributed by atoms with E-state index in [1.165, 1.54) is 22.2 Å². The maximum Gasteiger partial charge on any atom is 0.138 e. The fourth-order valence-electron chi connectivity index (χ4n) is 3.16. The molecule has 0 saturated heterocycles. The number of aryl methyl sites for hydroxylation is 1. The number of nitrogens with one attached hydrogen (secondary N) is 1. The molecule has 2 heterocycles. The minimum atomic E-state index is 0.115. The maximum absolute atomic E-state index is 9.01. The molecule has 21 heavy (non-hydrogen) atoms. The molecule has 0 spiro atoms. The molecule has 3 rings (SSSR count). The second kappa shape index (κ2) is 5.54. The molecule has 0 radical (unpaired) electrons. The number of hydrogen-bond donors (Lipinski definition) is 2. The van der Waals surface area contributed by atoms with Crippen molar-refractivity contribution < 1.29 is 5.11 Å². The highest BCUT2D eigenvalue weighted by molar-refractivity contribution is 7.19. The molecule has 2 aromatic rings. The summed E-state index contributed by atoms with van der Waals surface area (Å²) < 4.78 is 0. The lowest BCUT2D eigenvalue weighted by Gasteiger charge is -2.33. The minimum absolute atomic E-state index is 0.115. The van der Waals surface area contributed by atoms with Gasteiger partial charge in [0.25, 0.3) is 0 Å². The summed E-state index contributed by atoms with van der Waals surface area (Å²) in [5, 5.41) is 13.4.